The van der Waals surface area contributed by atoms with E-state index in [-0.39, 0.29) is 28.0 Å². The van der Waals surface area contributed by atoms with Gasteiger partial charge in [-0.3, -0.25) is 0 Å². The smallest absolute Gasteiger partial charge is 0.244 e. The number of β-amino-alcohol motifs (C(OH)–C–C–N with tert-alkyl or cyclic N) is 1. The van der Waals surface area contributed by atoms with Crippen molar-refractivity contribution < 1.29 is 13.5 Å². The molecule has 1 aromatic carbocycles. The standard InChI is InChI=1S/C11H13Cl2NO3S/c1-2-11(15)6-14(7-11)18(16,17)9-5-3-4-8(12)10(9)13/h3-5,15H,2,6-7H2,1H3. The molecule has 2 rings (SSSR count). The van der Waals surface area contributed by atoms with Gasteiger partial charge < -0.3 is 5.11 Å². The predicted molar refractivity (Wildman–Crippen MR) is 70.5 cm³/mol. The molecule has 1 saturated heterocycles. The van der Waals surface area contributed by atoms with E-state index in [2.05, 4.69) is 0 Å². The lowest BCUT2D eigenvalue weighted by Crippen LogP contribution is -2.62. The summed E-state index contributed by atoms with van der Waals surface area (Å²) >= 11 is 11.7. The molecule has 1 heterocycles. The van der Waals surface area contributed by atoms with Crippen LogP contribution in [0.3, 0.4) is 0 Å². The maximum atomic E-state index is 12.3. The third-order valence-corrected chi connectivity index (χ3v) is 5.90. The van der Waals surface area contributed by atoms with Crippen LogP contribution >= 0.6 is 23.2 Å². The molecule has 0 aliphatic carbocycles. The molecule has 0 bridgehead atoms. The molecular weight excluding hydrogens is 297 g/mol. The topological polar surface area (TPSA) is 57.6 Å². The Labute approximate surface area is 116 Å². The molecule has 18 heavy (non-hydrogen) atoms. The Balaban J connectivity index is 2.31. The summed E-state index contributed by atoms with van der Waals surface area (Å²) in [6, 6.07) is 4.47. The van der Waals surface area contributed by atoms with Crippen molar-refractivity contribution in [2.45, 2.75) is 23.8 Å². The minimum atomic E-state index is -3.68. The predicted octanol–water partition coefficient (Wildman–Crippen LogP) is 2.14. The molecule has 1 aliphatic rings. The van der Waals surface area contributed by atoms with Crippen molar-refractivity contribution in [2.75, 3.05) is 13.1 Å². The SMILES string of the molecule is CCC1(O)CN(S(=O)(=O)c2cccc(Cl)c2Cl)C1. The first-order valence-corrected chi connectivity index (χ1v) is 7.66. The molecule has 7 heteroatoms. The molecule has 0 radical (unpaired) electrons. The molecule has 1 N–H and O–H groups in total. The van der Waals surface area contributed by atoms with Crippen molar-refractivity contribution in [1.82, 2.24) is 4.31 Å². The van der Waals surface area contributed by atoms with E-state index in [1.807, 2.05) is 6.92 Å². The molecule has 0 aromatic heterocycles. The number of aliphatic hydroxyl groups is 1. The van der Waals surface area contributed by atoms with Gasteiger partial charge in [0.05, 0.1) is 15.6 Å². The first kappa shape index (κ1) is 14.1. The maximum Gasteiger partial charge on any atom is 0.244 e. The minimum Gasteiger partial charge on any atom is -0.387 e. The quantitative estimate of drug-likeness (QED) is 0.930. The lowest BCUT2D eigenvalue weighted by Gasteiger charge is -2.44. The lowest BCUT2D eigenvalue weighted by atomic mass is 9.94. The summed E-state index contributed by atoms with van der Waals surface area (Å²) in [6.07, 6.45) is 0.516. The van der Waals surface area contributed by atoms with Gasteiger partial charge >= 0.3 is 0 Å². The van der Waals surface area contributed by atoms with Crippen LogP contribution in [0, 0.1) is 0 Å². The fourth-order valence-corrected chi connectivity index (χ4v) is 4.16. The highest BCUT2D eigenvalue weighted by Gasteiger charge is 2.46. The van der Waals surface area contributed by atoms with E-state index < -0.39 is 15.6 Å². The largest absolute Gasteiger partial charge is 0.387 e. The van der Waals surface area contributed by atoms with Crippen LogP contribution in [0.1, 0.15) is 13.3 Å². The zero-order chi connectivity index (χ0) is 13.6. The van der Waals surface area contributed by atoms with E-state index in [1.54, 1.807) is 0 Å². The lowest BCUT2D eigenvalue weighted by molar-refractivity contribution is -0.0613. The van der Waals surface area contributed by atoms with Gasteiger partial charge in [-0.15, -0.1) is 0 Å². The molecule has 1 aromatic rings. The van der Waals surface area contributed by atoms with Crippen molar-refractivity contribution in [3.05, 3.63) is 28.2 Å². The summed E-state index contributed by atoms with van der Waals surface area (Å²) in [5.74, 6) is 0. The van der Waals surface area contributed by atoms with Gasteiger partial charge in [0.25, 0.3) is 0 Å². The van der Waals surface area contributed by atoms with Crippen LogP contribution in [0.5, 0.6) is 0 Å². The van der Waals surface area contributed by atoms with Crippen molar-refractivity contribution >= 4 is 33.2 Å². The van der Waals surface area contributed by atoms with E-state index >= 15 is 0 Å². The van der Waals surface area contributed by atoms with E-state index in [0.717, 1.165) is 0 Å². The van der Waals surface area contributed by atoms with Gasteiger partial charge in [-0.05, 0) is 18.6 Å². The highest BCUT2D eigenvalue weighted by atomic mass is 35.5. The average molecular weight is 310 g/mol. The Hall–Kier alpha value is -0.330. The summed E-state index contributed by atoms with van der Waals surface area (Å²) in [5.41, 5.74) is -0.919. The maximum absolute atomic E-state index is 12.3. The van der Waals surface area contributed by atoms with Crippen LogP contribution in [0.2, 0.25) is 10.0 Å². The Bertz CT molecular complexity index is 568. The Morgan fingerprint density at radius 2 is 2.00 bits per heavy atom. The molecule has 0 atom stereocenters. The number of benzene rings is 1. The molecule has 1 fully saturated rings. The zero-order valence-corrected chi connectivity index (χ0v) is 12.1. The van der Waals surface area contributed by atoms with Crippen molar-refractivity contribution in [3.8, 4) is 0 Å². The van der Waals surface area contributed by atoms with Gasteiger partial charge in [0, 0.05) is 13.1 Å². The van der Waals surface area contributed by atoms with Crippen molar-refractivity contribution in [1.29, 1.82) is 0 Å². The average Bonchev–Trinajstić information content (AvgIpc) is 2.28. The Kier molecular flexibility index (Phi) is 3.64. The van der Waals surface area contributed by atoms with Crippen LogP contribution < -0.4 is 0 Å². The van der Waals surface area contributed by atoms with Crippen LogP contribution in [-0.2, 0) is 10.0 Å². The van der Waals surface area contributed by atoms with Crippen LogP contribution in [-0.4, -0.2) is 36.5 Å². The third-order valence-electron chi connectivity index (χ3n) is 3.13. The number of hydrogen-bond donors (Lipinski definition) is 1. The molecule has 4 nitrogen and oxygen atoms in total. The van der Waals surface area contributed by atoms with Gasteiger partial charge in [-0.2, -0.15) is 4.31 Å². The fraction of sp³-hybridized carbons (Fsp3) is 0.455. The molecular formula is C11H13Cl2NO3S. The summed E-state index contributed by atoms with van der Waals surface area (Å²) < 4.78 is 25.7. The van der Waals surface area contributed by atoms with Crippen LogP contribution in [0.15, 0.2) is 23.1 Å². The van der Waals surface area contributed by atoms with Gasteiger partial charge in [-0.25, -0.2) is 8.42 Å². The number of hydrogen-bond acceptors (Lipinski definition) is 3. The molecule has 0 amide bonds. The summed E-state index contributed by atoms with van der Waals surface area (Å²) in [5, 5.41) is 10.1. The van der Waals surface area contributed by atoms with Crippen molar-refractivity contribution in [3.63, 3.8) is 0 Å². The summed E-state index contributed by atoms with van der Waals surface area (Å²) in [7, 11) is -3.68. The monoisotopic (exact) mass is 309 g/mol. The first-order chi connectivity index (χ1) is 8.30. The van der Waals surface area contributed by atoms with E-state index in [9.17, 15) is 13.5 Å². The Morgan fingerprint density at radius 1 is 1.39 bits per heavy atom. The normalized spacial score (nSPS) is 19.6. The molecule has 0 unspecified atom stereocenters. The van der Waals surface area contributed by atoms with Crippen LogP contribution in [0.4, 0.5) is 0 Å². The van der Waals surface area contributed by atoms with Gasteiger partial charge in [0.1, 0.15) is 4.90 Å². The van der Waals surface area contributed by atoms with Crippen molar-refractivity contribution in [2.24, 2.45) is 0 Å². The van der Waals surface area contributed by atoms with Crippen LogP contribution in [0.25, 0.3) is 0 Å². The molecule has 0 spiro atoms. The molecule has 100 valence electrons. The minimum absolute atomic E-state index is 0.0187. The van der Waals surface area contributed by atoms with E-state index in [1.165, 1.54) is 22.5 Å². The highest BCUT2D eigenvalue weighted by molar-refractivity contribution is 7.89. The highest BCUT2D eigenvalue weighted by Crippen LogP contribution is 2.35. The van der Waals surface area contributed by atoms with Gasteiger partial charge in [0.15, 0.2) is 0 Å². The van der Waals surface area contributed by atoms with Gasteiger partial charge in [-0.1, -0.05) is 36.2 Å². The molecule has 1 aliphatic heterocycles. The first-order valence-electron chi connectivity index (χ1n) is 5.47. The second kappa shape index (κ2) is 4.65. The second-order valence-electron chi connectivity index (χ2n) is 4.40. The number of rotatable bonds is 3. The van der Waals surface area contributed by atoms with E-state index in [4.69, 9.17) is 23.2 Å². The number of halogens is 2. The van der Waals surface area contributed by atoms with Gasteiger partial charge in [0.2, 0.25) is 10.0 Å². The number of nitrogens with zero attached hydrogens (tertiary/aromatic N) is 1. The summed E-state index contributed by atoms with van der Waals surface area (Å²) in [6.45, 7) is 2.00. The second-order valence-corrected chi connectivity index (χ2v) is 7.09. The number of sulfonamides is 1. The summed E-state index contributed by atoms with van der Waals surface area (Å²) in [4.78, 5) is -0.0187. The van der Waals surface area contributed by atoms with E-state index in [0.29, 0.717) is 6.42 Å². The fourth-order valence-electron chi connectivity index (χ4n) is 1.83. The zero-order valence-electron chi connectivity index (χ0n) is 9.73. The molecule has 0 saturated carbocycles. The third kappa shape index (κ3) is 2.26. The Morgan fingerprint density at radius 3 is 2.56 bits per heavy atom.